The Morgan fingerprint density at radius 2 is 0.471 bits per heavy atom. The van der Waals surface area contributed by atoms with Gasteiger partial charge in [-0.2, -0.15) is 0 Å². The van der Waals surface area contributed by atoms with Crippen LogP contribution in [0, 0.1) is 5.92 Å². The minimum atomic E-state index is -0.763. The van der Waals surface area contributed by atoms with Gasteiger partial charge in [0.2, 0.25) is 0 Å². The Labute approximate surface area is 438 Å². The van der Waals surface area contributed by atoms with Gasteiger partial charge in [0.25, 0.3) is 0 Å². The van der Waals surface area contributed by atoms with Crippen LogP contribution in [0.4, 0.5) is 0 Å². The Hall–Kier alpha value is -1.59. The van der Waals surface area contributed by atoms with E-state index >= 15 is 0 Å². The van der Waals surface area contributed by atoms with Crippen molar-refractivity contribution in [3.63, 3.8) is 0 Å². The van der Waals surface area contributed by atoms with E-state index in [0.717, 1.165) is 63.7 Å². The van der Waals surface area contributed by atoms with Gasteiger partial charge in [-0.1, -0.05) is 329 Å². The summed E-state index contributed by atoms with van der Waals surface area (Å²) >= 11 is 0. The lowest BCUT2D eigenvalue weighted by molar-refractivity contribution is -0.167. The van der Waals surface area contributed by atoms with Crippen LogP contribution in [0.25, 0.3) is 0 Å². The van der Waals surface area contributed by atoms with E-state index in [1.807, 2.05) is 0 Å². The highest BCUT2D eigenvalue weighted by Crippen LogP contribution is 2.19. The molecule has 6 heteroatoms. The number of hydrogen-bond acceptors (Lipinski definition) is 6. The van der Waals surface area contributed by atoms with Gasteiger partial charge in [-0.15, -0.1) is 0 Å². The van der Waals surface area contributed by atoms with E-state index in [1.165, 1.54) is 263 Å². The standard InChI is InChI=1S/C64H124O6/c1-5-7-9-11-13-15-17-19-21-23-25-27-28-30-35-39-43-47-51-55-62(65)68-58-61(59-69-63(66)56-52-48-44-40-36-33-32-34-38-42-46-50-54-60(3)4)70-64(67)57-53-49-45-41-37-31-29-26-24-22-20-18-16-14-12-10-8-6-2/h60-61H,5-59H2,1-4H3/t61-/m0/s1. The molecule has 416 valence electrons. The molecule has 0 aromatic rings. The maximum atomic E-state index is 12.9. The molecule has 6 nitrogen and oxygen atoms in total. The minimum absolute atomic E-state index is 0.0613. The summed E-state index contributed by atoms with van der Waals surface area (Å²) < 4.78 is 17.0. The first kappa shape index (κ1) is 68.4. The van der Waals surface area contributed by atoms with E-state index in [4.69, 9.17) is 14.2 Å². The third-order valence-corrected chi connectivity index (χ3v) is 14.8. The summed E-state index contributed by atoms with van der Waals surface area (Å²) in [4.78, 5) is 38.3. The molecule has 0 saturated carbocycles. The van der Waals surface area contributed by atoms with E-state index in [-0.39, 0.29) is 31.1 Å². The monoisotopic (exact) mass is 989 g/mol. The van der Waals surface area contributed by atoms with Crippen molar-refractivity contribution < 1.29 is 28.6 Å². The molecule has 0 rings (SSSR count). The van der Waals surface area contributed by atoms with Crippen molar-refractivity contribution in [3.8, 4) is 0 Å². The molecule has 0 unspecified atom stereocenters. The Kier molecular flexibility index (Phi) is 57.0. The molecule has 0 bridgehead atoms. The highest BCUT2D eigenvalue weighted by atomic mass is 16.6. The van der Waals surface area contributed by atoms with Gasteiger partial charge >= 0.3 is 17.9 Å². The van der Waals surface area contributed by atoms with Crippen LogP contribution < -0.4 is 0 Å². The van der Waals surface area contributed by atoms with Crippen LogP contribution >= 0.6 is 0 Å². The van der Waals surface area contributed by atoms with Crippen molar-refractivity contribution in [2.45, 2.75) is 374 Å². The summed E-state index contributed by atoms with van der Waals surface area (Å²) in [5, 5.41) is 0. The Balaban J connectivity index is 4.28. The highest BCUT2D eigenvalue weighted by Gasteiger charge is 2.19. The van der Waals surface area contributed by atoms with E-state index in [1.54, 1.807) is 0 Å². The van der Waals surface area contributed by atoms with Gasteiger partial charge in [-0.3, -0.25) is 14.4 Å². The first-order valence-corrected chi connectivity index (χ1v) is 31.9. The molecular weight excluding hydrogens is 865 g/mol. The van der Waals surface area contributed by atoms with E-state index in [2.05, 4.69) is 27.7 Å². The normalized spacial score (nSPS) is 12.0. The molecule has 0 fully saturated rings. The zero-order valence-electron chi connectivity index (χ0n) is 48.0. The number of rotatable bonds is 59. The molecule has 0 heterocycles. The molecule has 0 aliphatic rings. The molecule has 0 aliphatic carbocycles. The van der Waals surface area contributed by atoms with Crippen molar-refractivity contribution in [2.75, 3.05) is 13.2 Å². The number of carbonyl (C=O) groups excluding carboxylic acids is 3. The Bertz CT molecular complexity index is 1060. The number of esters is 3. The molecule has 70 heavy (non-hydrogen) atoms. The van der Waals surface area contributed by atoms with Gasteiger partial charge < -0.3 is 14.2 Å². The maximum Gasteiger partial charge on any atom is 0.306 e. The zero-order chi connectivity index (χ0) is 50.9. The number of hydrogen-bond donors (Lipinski definition) is 0. The molecule has 0 N–H and O–H groups in total. The largest absolute Gasteiger partial charge is 0.462 e. The molecule has 0 radical (unpaired) electrons. The summed E-state index contributed by atoms with van der Waals surface area (Å²) in [5.41, 5.74) is 0. The van der Waals surface area contributed by atoms with Gasteiger partial charge in [0.15, 0.2) is 6.10 Å². The van der Waals surface area contributed by atoms with Gasteiger partial charge in [0.1, 0.15) is 13.2 Å². The SMILES string of the molecule is CCCCCCCCCCCCCCCCCCCCCC(=O)OC[C@@H](COC(=O)CCCCCCCCCCCCCCC(C)C)OC(=O)CCCCCCCCCCCCCCCCCCCC. The summed E-state index contributed by atoms with van der Waals surface area (Å²) in [5.74, 6) is 0.00530. The van der Waals surface area contributed by atoms with E-state index < -0.39 is 6.10 Å². The fourth-order valence-corrected chi connectivity index (χ4v) is 9.99. The van der Waals surface area contributed by atoms with Gasteiger partial charge in [0.05, 0.1) is 0 Å². The van der Waals surface area contributed by atoms with Crippen molar-refractivity contribution in [1.82, 2.24) is 0 Å². The maximum absolute atomic E-state index is 12.9. The van der Waals surface area contributed by atoms with Gasteiger partial charge in [0, 0.05) is 19.3 Å². The Morgan fingerprint density at radius 3 is 0.700 bits per heavy atom. The minimum Gasteiger partial charge on any atom is -0.462 e. The molecule has 0 saturated heterocycles. The van der Waals surface area contributed by atoms with E-state index in [0.29, 0.717) is 19.3 Å². The second kappa shape index (κ2) is 58.3. The summed E-state index contributed by atoms with van der Waals surface area (Å²) in [6, 6.07) is 0. The van der Waals surface area contributed by atoms with Crippen LogP contribution in [0.5, 0.6) is 0 Å². The van der Waals surface area contributed by atoms with Crippen LogP contribution in [0.2, 0.25) is 0 Å². The first-order chi connectivity index (χ1) is 34.4. The second-order valence-electron chi connectivity index (χ2n) is 22.5. The predicted molar refractivity (Wildman–Crippen MR) is 303 cm³/mol. The number of ether oxygens (including phenoxy) is 3. The Morgan fingerprint density at radius 1 is 0.271 bits per heavy atom. The summed E-state index contributed by atoms with van der Waals surface area (Å²) in [7, 11) is 0. The average molecular weight is 990 g/mol. The number of carbonyl (C=O) groups is 3. The van der Waals surface area contributed by atoms with Gasteiger partial charge in [-0.05, 0) is 25.2 Å². The number of unbranched alkanes of at least 4 members (excludes halogenated alkanes) is 46. The fraction of sp³-hybridized carbons (Fsp3) is 0.953. The first-order valence-electron chi connectivity index (χ1n) is 31.9. The molecule has 0 spiro atoms. The second-order valence-corrected chi connectivity index (χ2v) is 22.5. The smallest absolute Gasteiger partial charge is 0.306 e. The average Bonchev–Trinajstić information content (AvgIpc) is 3.35. The van der Waals surface area contributed by atoms with Crippen molar-refractivity contribution in [1.29, 1.82) is 0 Å². The lowest BCUT2D eigenvalue weighted by Crippen LogP contribution is -2.30. The van der Waals surface area contributed by atoms with Crippen molar-refractivity contribution >= 4 is 17.9 Å². The van der Waals surface area contributed by atoms with Crippen LogP contribution in [0.3, 0.4) is 0 Å². The van der Waals surface area contributed by atoms with Crippen molar-refractivity contribution in [2.24, 2.45) is 5.92 Å². The molecule has 0 aliphatic heterocycles. The van der Waals surface area contributed by atoms with Crippen LogP contribution in [-0.4, -0.2) is 37.2 Å². The molecule has 1 atom stereocenters. The van der Waals surface area contributed by atoms with Crippen LogP contribution in [-0.2, 0) is 28.6 Å². The fourth-order valence-electron chi connectivity index (χ4n) is 9.99. The molecule has 0 aromatic heterocycles. The quantitative estimate of drug-likeness (QED) is 0.0343. The lowest BCUT2D eigenvalue weighted by Gasteiger charge is -2.18. The molecular formula is C64H124O6. The van der Waals surface area contributed by atoms with Crippen molar-refractivity contribution in [3.05, 3.63) is 0 Å². The lowest BCUT2D eigenvalue weighted by atomic mass is 10.0. The third-order valence-electron chi connectivity index (χ3n) is 14.8. The molecule has 0 amide bonds. The van der Waals surface area contributed by atoms with Crippen LogP contribution in [0.15, 0.2) is 0 Å². The topological polar surface area (TPSA) is 78.9 Å². The van der Waals surface area contributed by atoms with Crippen LogP contribution in [0.1, 0.15) is 368 Å². The predicted octanol–water partition coefficient (Wildman–Crippen LogP) is 21.4. The molecule has 0 aromatic carbocycles. The highest BCUT2D eigenvalue weighted by molar-refractivity contribution is 5.71. The third kappa shape index (κ3) is 57.3. The summed E-state index contributed by atoms with van der Waals surface area (Å²) in [6.07, 6.45) is 65.3. The zero-order valence-corrected chi connectivity index (χ0v) is 48.0. The van der Waals surface area contributed by atoms with Gasteiger partial charge in [-0.25, -0.2) is 0 Å². The summed E-state index contributed by atoms with van der Waals surface area (Å²) in [6.45, 7) is 9.08. The van der Waals surface area contributed by atoms with E-state index in [9.17, 15) is 14.4 Å².